The number of benzene rings is 2. The zero-order valence-electron chi connectivity index (χ0n) is 25.9. The number of aliphatic hydroxyl groups is 2. The molecule has 2 aliphatic rings. The first-order valence-electron chi connectivity index (χ1n) is 15.1. The van der Waals surface area contributed by atoms with Crippen molar-refractivity contribution < 1.29 is 19.7 Å². The maximum Gasteiger partial charge on any atom is 0.118 e. The van der Waals surface area contributed by atoms with Crippen LogP contribution in [-0.2, 0) is 0 Å². The lowest BCUT2D eigenvalue weighted by atomic mass is 9.72. The molecule has 0 unspecified atom stereocenters. The van der Waals surface area contributed by atoms with Crippen LogP contribution in [-0.4, -0.2) is 86.7 Å². The summed E-state index contributed by atoms with van der Waals surface area (Å²) in [4.78, 5) is 4.34. The van der Waals surface area contributed by atoms with Gasteiger partial charge in [0.2, 0.25) is 0 Å². The number of nitrogens with zero attached hydrogens (tertiary/aromatic N) is 2. The van der Waals surface area contributed by atoms with E-state index in [0.29, 0.717) is 0 Å². The standard InChI is InChI=1S/2C17H27NO2/c2*1-18(2)13-16(17(19)11-5-4-6-12-17)14-7-9-15(20-3)10-8-14/h2*7-10,16,19H,4-6,11-13H2,1-3H3/t2*16-/m00/s1. The Kier molecular flexibility index (Phi) is 12.3. The highest BCUT2D eigenvalue weighted by molar-refractivity contribution is 5.32. The van der Waals surface area contributed by atoms with Gasteiger partial charge in [-0.15, -0.1) is 0 Å². The average Bonchev–Trinajstić information content (AvgIpc) is 2.96. The van der Waals surface area contributed by atoms with Gasteiger partial charge in [0.25, 0.3) is 0 Å². The molecule has 2 fully saturated rings. The Morgan fingerprint density at radius 2 is 0.875 bits per heavy atom. The van der Waals surface area contributed by atoms with E-state index in [1.54, 1.807) is 14.2 Å². The van der Waals surface area contributed by atoms with Gasteiger partial charge in [0, 0.05) is 24.9 Å². The normalized spacial score (nSPS) is 19.9. The maximum atomic E-state index is 11.1. The summed E-state index contributed by atoms with van der Waals surface area (Å²) in [5.74, 6) is 2.08. The topological polar surface area (TPSA) is 65.4 Å². The summed E-state index contributed by atoms with van der Waals surface area (Å²) in [5, 5.41) is 22.2. The first-order chi connectivity index (χ1) is 19.1. The second-order valence-electron chi connectivity index (χ2n) is 12.5. The van der Waals surface area contributed by atoms with Crippen LogP contribution in [0.15, 0.2) is 48.5 Å². The third-order valence-electron chi connectivity index (χ3n) is 8.87. The van der Waals surface area contributed by atoms with Gasteiger partial charge in [0.05, 0.1) is 25.4 Å². The van der Waals surface area contributed by atoms with Gasteiger partial charge in [-0.05, 0) is 89.3 Å². The van der Waals surface area contributed by atoms with E-state index in [0.717, 1.165) is 76.0 Å². The van der Waals surface area contributed by atoms with Crippen molar-refractivity contribution in [3.63, 3.8) is 0 Å². The SMILES string of the molecule is COc1ccc([C@H](CN(C)C)C2(O)CCCCC2)cc1.COc1ccc([C@H](CN(C)C)C2(O)CCCCC2)cc1. The van der Waals surface area contributed by atoms with Crippen LogP contribution in [0, 0.1) is 0 Å². The molecule has 0 heterocycles. The van der Waals surface area contributed by atoms with E-state index in [9.17, 15) is 10.2 Å². The molecule has 0 aliphatic heterocycles. The van der Waals surface area contributed by atoms with Crippen LogP contribution in [0.4, 0.5) is 0 Å². The van der Waals surface area contributed by atoms with E-state index in [4.69, 9.17) is 9.47 Å². The van der Waals surface area contributed by atoms with Gasteiger partial charge in [-0.2, -0.15) is 0 Å². The zero-order chi connectivity index (χ0) is 29.2. The van der Waals surface area contributed by atoms with Gasteiger partial charge < -0.3 is 29.5 Å². The summed E-state index contributed by atoms with van der Waals surface area (Å²) in [7, 11) is 11.7. The van der Waals surface area contributed by atoms with Crippen molar-refractivity contribution in [2.24, 2.45) is 0 Å². The molecule has 4 rings (SSSR count). The lowest BCUT2D eigenvalue weighted by Gasteiger charge is -2.40. The van der Waals surface area contributed by atoms with Crippen LogP contribution < -0.4 is 9.47 Å². The predicted octanol–water partition coefficient (Wildman–Crippen LogP) is 6.07. The molecule has 2 saturated carbocycles. The van der Waals surface area contributed by atoms with Gasteiger partial charge in [0.15, 0.2) is 0 Å². The third kappa shape index (κ3) is 8.94. The molecule has 224 valence electrons. The summed E-state index contributed by atoms with van der Waals surface area (Å²) in [5.41, 5.74) is 1.31. The largest absolute Gasteiger partial charge is 0.497 e. The highest BCUT2D eigenvalue weighted by atomic mass is 16.5. The molecule has 40 heavy (non-hydrogen) atoms. The second kappa shape index (κ2) is 15.2. The summed E-state index contributed by atoms with van der Waals surface area (Å²) in [6, 6.07) is 16.3. The minimum absolute atomic E-state index is 0.170. The summed E-state index contributed by atoms with van der Waals surface area (Å²) < 4.78 is 10.5. The number of ether oxygens (including phenoxy) is 2. The second-order valence-corrected chi connectivity index (χ2v) is 12.5. The molecule has 2 aromatic rings. The molecular formula is C34H54N2O4. The minimum atomic E-state index is -0.558. The fraction of sp³-hybridized carbons (Fsp3) is 0.647. The highest BCUT2D eigenvalue weighted by Crippen LogP contribution is 2.41. The Labute approximate surface area is 243 Å². The Hall–Kier alpha value is -2.12. The smallest absolute Gasteiger partial charge is 0.118 e. The molecule has 6 nitrogen and oxygen atoms in total. The van der Waals surface area contributed by atoms with Gasteiger partial charge >= 0.3 is 0 Å². The quantitative estimate of drug-likeness (QED) is 0.372. The number of hydrogen-bond donors (Lipinski definition) is 2. The monoisotopic (exact) mass is 554 g/mol. The van der Waals surface area contributed by atoms with Crippen molar-refractivity contribution in [3.05, 3.63) is 59.7 Å². The summed E-state index contributed by atoms with van der Waals surface area (Å²) in [6.45, 7) is 1.76. The summed E-state index contributed by atoms with van der Waals surface area (Å²) in [6.07, 6.45) is 10.7. The first-order valence-corrected chi connectivity index (χ1v) is 15.1. The molecule has 6 heteroatoms. The van der Waals surface area contributed by atoms with Crippen LogP contribution in [0.3, 0.4) is 0 Å². The van der Waals surface area contributed by atoms with E-state index < -0.39 is 11.2 Å². The fourth-order valence-corrected chi connectivity index (χ4v) is 6.60. The van der Waals surface area contributed by atoms with E-state index in [1.165, 1.54) is 24.0 Å². The van der Waals surface area contributed by atoms with Crippen molar-refractivity contribution in [1.29, 1.82) is 0 Å². The van der Waals surface area contributed by atoms with Gasteiger partial charge in [0.1, 0.15) is 11.5 Å². The van der Waals surface area contributed by atoms with Crippen molar-refractivity contribution in [1.82, 2.24) is 9.80 Å². The molecule has 2 N–H and O–H groups in total. The fourth-order valence-electron chi connectivity index (χ4n) is 6.60. The van der Waals surface area contributed by atoms with Crippen LogP contribution in [0.2, 0.25) is 0 Å². The molecule has 0 aromatic heterocycles. The molecule has 0 bridgehead atoms. The molecule has 0 radical (unpaired) electrons. The number of likely N-dealkylation sites (N-methyl/N-ethyl adjacent to an activating group) is 2. The minimum Gasteiger partial charge on any atom is -0.497 e. The molecule has 0 saturated heterocycles. The van der Waals surface area contributed by atoms with Crippen LogP contribution in [0.25, 0.3) is 0 Å². The van der Waals surface area contributed by atoms with Gasteiger partial charge in [-0.3, -0.25) is 0 Å². The van der Waals surface area contributed by atoms with Crippen LogP contribution >= 0.6 is 0 Å². The Morgan fingerprint density at radius 3 is 1.12 bits per heavy atom. The van der Waals surface area contributed by atoms with Crippen molar-refractivity contribution in [3.8, 4) is 11.5 Å². The molecule has 0 amide bonds. The molecule has 2 aromatic carbocycles. The van der Waals surface area contributed by atoms with Gasteiger partial charge in [-0.25, -0.2) is 0 Å². The Bertz CT molecular complexity index is 897. The number of rotatable bonds is 10. The summed E-state index contributed by atoms with van der Waals surface area (Å²) >= 11 is 0. The van der Waals surface area contributed by atoms with Crippen molar-refractivity contribution >= 4 is 0 Å². The van der Waals surface area contributed by atoms with Crippen LogP contribution in [0.1, 0.15) is 87.2 Å². The lowest BCUT2D eigenvalue weighted by Crippen LogP contribution is -2.42. The van der Waals surface area contributed by atoms with E-state index in [1.807, 2.05) is 24.3 Å². The molecule has 2 aliphatic carbocycles. The number of methoxy groups -OCH3 is 2. The molecule has 0 spiro atoms. The maximum absolute atomic E-state index is 11.1. The molecule has 2 atom stereocenters. The first kappa shape index (κ1) is 32.4. The van der Waals surface area contributed by atoms with Crippen LogP contribution in [0.5, 0.6) is 11.5 Å². The van der Waals surface area contributed by atoms with E-state index >= 15 is 0 Å². The average molecular weight is 555 g/mol. The van der Waals surface area contributed by atoms with E-state index in [-0.39, 0.29) is 11.8 Å². The van der Waals surface area contributed by atoms with E-state index in [2.05, 4.69) is 62.3 Å². The van der Waals surface area contributed by atoms with Crippen molar-refractivity contribution in [2.45, 2.75) is 87.2 Å². The molecular weight excluding hydrogens is 500 g/mol. The number of hydrogen-bond acceptors (Lipinski definition) is 6. The Balaban J connectivity index is 0.000000220. The predicted molar refractivity (Wildman–Crippen MR) is 165 cm³/mol. The van der Waals surface area contributed by atoms with Crippen molar-refractivity contribution in [2.75, 3.05) is 55.5 Å². The Morgan fingerprint density at radius 1 is 0.575 bits per heavy atom. The van der Waals surface area contributed by atoms with Gasteiger partial charge in [-0.1, -0.05) is 62.8 Å². The highest BCUT2D eigenvalue weighted by Gasteiger charge is 2.40. The zero-order valence-corrected chi connectivity index (χ0v) is 25.9. The lowest BCUT2D eigenvalue weighted by molar-refractivity contribution is -0.0280. The third-order valence-corrected chi connectivity index (χ3v) is 8.87.